The van der Waals surface area contributed by atoms with Crippen molar-refractivity contribution >= 4 is 11.8 Å². The predicted molar refractivity (Wildman–Crippen MR) is 59.4 cm³/mol. The van der Waals surface area contributed by atoms with Crippen LogP contribution in [0.2, 0.25) is 0 Å². The van der Waals surface area contributed by atoms with Gasteiger partial charge in [0.15, 0.2) is 0 Å². The molecule has 0 aliphatic carbocycles. The summed E-state index contributed by atoms with van der Waals surface area (Å²) in [6, 6.07) is 1.26. The van der Waals surface area contributed by atoms with E-state index in [4.69, 9.17) is 0 Å². The zero-order chi connectivity index (χ0) is 11.7. The van der Waals surface area contributed by atoms with Crippen LogP contribution in [-0.4, -0.2) is 37.7 Å². The van der Waals surface area contributed by atoms with E-state index >= 15 is 0 Å². The Balaban J connectivity index is 2.25. The second kappa shape index (κ2) is 4.44. The summed E-state index contributed by atoms with van der Waals surface area (Å²) in [5.74, 6) is 0.372. The van der Waals surface area contributed by atoms with E-state index in [-0.39, 0.29) is 11.8 Å². The van der Waals surface area contributed by atoms with E-state index < -0.39 is 23.5 Å². The van der Waals surface area contributed by atoms with E-state index in [0.29, 0.717) is 5.75 Å². The van der Waals surface area contributed by atoms with Crippen molar-refractivity contribution in [1.29, 1.82) is 0 Å². The summed E-state index contributed by atoms with van der Waals surface area (Å²) in [6.07, 6.45) is 0.117. The highest BCUT2D eigenvalue weighted by molar-refractivity contribution is 7.99. The lowest BCUT2D eigenvalue weighted by Gasteiger charge is -2.30. The summed E-state index contributed by atoms with van der Waals surface area (Å²) in [5, 5.41) is 18.6. The van der Waals surface area contributed by atoms with E-state index in [1.54, 1.807) is 0 Å². The van der Waals surface area contributed by atoms with E-state index in [9.17, 15) is 19.8 Å². The van der Waals surface area contributed by atoms with E-state index in [2.05, 4.69) is 4.98 Å². The van der Waals surface area contributed by atoms with Crippen molar-refractivity contribution in [3.63, 3.8) is 0 Å². The normalized spacial score (nSPS) is 30.2. The maximum Gasteiger partial charge on any atom is 0.329 e. The first kappa shape index (κ1) is 11.4. The fourth-order valence-electron chi connectivity index (χ4n) is 1.60. The Morgan fingerprint density at radius 2 is 2.12 bits per heavy atom. The molecule has 0 amide bonds. The number of H-pyrrole nitrogens is 1. The van der Waals surface area contributed by atoms with Gasteiger partial charge < -0.3 is 10.2 Å². The SMILES string of the molecule is O=c1ccn([C@@H]2C[C@H](O)[C@@H](O)CS2)c(=O)[nH]1. The Bertz CT molecular complexity index is 483. The minimum atomic E-state index is -0.829. The topological polar surface area (TPSA) is 95.3 Å². The second-order valence-corrected chi connectivity index (χ2v) is 4.89. The molecule has 88 valence electrons. The highest BCUT2D eigenvalue weighted by Crippen LogP contribution is 2.33. The van der Waals surface area contributed by atoms with Gasteiger partial charge in [0.2, 0.25) is 0 Å². The summed E-state index contributed by atoms with van der Waals surface area (Å²) in [6.45, 7) is 0. The Morgan fingerprint density at radius 3 is 2.75 bits per heavy atom. The molecule has 7 heteroatoms. The van der Waals surface area contributed by atoms with Crippen LogP contribution in [-0.2, 0) is 0 Å². The number of nitrogens with one attached hydrogen (secondary N) is 1. The van der Waals surface area contributed by atoms with Gasteiger partial charge in [0, 0.05) is 24.4 Å². The highest BCUT2D eigenvalue weighted by atomic mass is 32.2. The standard InChI is InChI=1S/C9H12N2O4S/c12-5-3-8(16-4-6(5)13)11-2-1-7(14)10-9(11)15/h1-2,5-6,8,12-13H,3-4H2,(H,10,14,15)/t5-,6-,8-/m0/s1. The van der Waals surface area contributed by atoms with Crippen molar-refractivity contribution in [3.05, 3.63) is 33.1 Å². The molecule has 0 bridgehead atoms. The number of thioether (sulfide) groups is 1. The van der Waals surface area contributed by atoms with Crippen LogP contribution in [0.1, 0.15) is 11.8 Å². The van der Waals surface area contributed by atoms with Crippen molar-refractivity contribution in [2.75, 3.05) is 5.75 Å². The van der Waals surface area contributed by atoms with Crippen LogP contribution < -0.4 is 11.2 Å². The van der Waals surface area contributed by atoms with Crippen molar-refractivity contribution in [2.45, 2.75) is 24.0 Å². The number of aliphatic hydroxyl groups is 2. The fourth-order valence-corrected chi connectivity index (χ4v) is 2.90. The first-order chi connectivity index (χ1) is 7.58. The lowest BCUT2D eigenvalue weighted by molar-refractivity contribution is 0.0205. The third-order valence-electron chi connectivity index (χ3n) is 2.51. The van der Waals surface area contributed by atoms with Gasteiger partial charge in [0.1, 0.15) is 0 Å². The van der Waals surface area contributed by atoms with Crippen molar-refractivity contribution < 1.29 is 10.2 Å². The minimum absolute atomic E-state index is 0.247. The molecule has 1 aromatic heterocycles. The number of nitrogens with zero attached hydrogens (tertiary/aromatic N) is 1. The Hall–Kier alpha value is -1.05. The molecule has 6 nitrogen and oxygen atoms in total. The fraction of sp³-hybridized carbons (Fsp3) is 0.556. The van der Waals surface area contributed by atoms with E-state index in [1.165, 1.54) is 28.6 Å². The van der Waals surface area contributed by atoms with Crippen molar-refractivity contribution in [1.82, 2.24) is 9.55 Å². The van der Waals surface area contributed by atoms with Gasteiger partial charge in [-0.15, -0.1) is 11.8 Å². The first-order valence-electron chi connectivity index (χ1n) is 4.87. The molecule has 0 spiro atoms. The zero-order valence-corrected chi connectivity index (χ0v) is 9.18. The Labute approximate surface area is 94.9 Å². The molecular weight excluding hydrogens is 232 g/mol. The third kappa shape index (κ3) is 2.21. The van der Waals surface area contributed by atoms with Gasteiger partial charge in [0.25, 0.3) is 5.56 Å². The Kier molecular flexibility index (Phi) is 3.17. The number of rotatable bonds is 1. The van der Waals surface area contributed by atoms with Crippen LogP contribution in [0.5, 0.6) is 0 Å². The highest BCUT2D eigenvalue weighted by Gasteiger charge is 2.29. The third-order valence-corrected chi connectivity index (χ3v) is 3.85. The maximum absolute atomic E-state index is 11.5. The molecule has 1 aliphatic rings. The zero-order valence-electron chi connectivity index (χ0n) is 8.37. The molecule has 1 aliphatic heterocycles. The lowest BCUT2D eigenvalue weighted by atomic mass is 10.1. The molecule has 0 saturated carbocycles. The summed E-state index contributed by atoms with van der Waals surface area (Å²) >= 11 is 1.38. The molecule has 1 fully saturated rings. The average Bonchev–Trinajstić information content (AvgIpc) is 2.22. The van der Waals surface area contributed by atoms with E-state index in [0.717, 1.165) is 0 Å². The molecule has 0 aromatic carbocycles. The minimum Gasteiger partial charge on any atom is -0.390 e. The largest absolute Gasteiger partial charge is 0.390 e. The molecule has 0 unspecified atom stereocenters. The first-order valence-corrected chi connectivity index (χ1v) is 5.92. The van der Waals surface area contributed by atoms with Gasteiger partial charge in [-0.25, -0.2) is 4.79 Å². The maximum atomic E-state index is 11.5. The predicted octanol–water partition coefficient (Wildman–Crippen LogP) is -1.11. The quantitative estimate of drug-likeness (QED) is 0.582. The van der Waals surface area contributed by atoms with Gasteiger partial charge in [-0.2, -0.15) is 0 Å². The monoisotopic (exact) mass is 244 g/mol. The number of aromatic nitrogens is 2. The summed E-state index contributed by atoms with van der Waals surface area (Å²) in [4.78, 5) is 24.5. The van der Waals surface area contributed by atoms with Crippen LogP contribution in [0.4, 0.5) is 0 Å². The van der Waals surface area contributed by atoms with Crippen LogP contribution in [0.3, 0.4) is 0 Å². The molecular formula is C9H12N2O4S. The van der Waals surface area contributed by atoms with Gasteiger partial charge in [0.05, 0.1) is 17.6 Å². The average molecular weight is 244 g/mol. The number of hydrogen-bond acceptors (Lipinski definition) is 5. The Morgan fingerprint density at radius 1 is 1.38 bits per heavy atom. The lowest BCUT2D eigenvalue weighted by Crippen LogP contribution is -2.39. The van der Waals surface area contributed by atoms with E-state index in [1.807, 2.05) is 0 Å². The molecule has 3 atom stereocenters. The van der Waals surface area contributed by atoms with Crippen LogP contribution in [0.25, 0.3) is 0 Å². The van der Waals surface area contributed by atoms with Crippen LogP contribution in [0, 0.1) is 0 Å². The molecule has 1 aromatic rings. The summed E-state index contributed by atoms with van der Waals surface area (Å²) in [5.41, 5.74) is -0.934. The molecule has 2 rings (SSSR count). The van der Waals surface area contributed by atoms with Crippen molar-refractivity contribution in [3.8, 4) is 0 Å². The summed E-state index contributed by atoms with van der Waals surface area (Å²) in [7, 11) is 0. The molecule has 1 saturated heterocycles. The smallest absolute Gasteiger partial charge is 0.329 e. The molecule has 16 heavy (non-hydrogen) atoms. The molecule has 2 heterocycles. The van der Waals surface area contributed by atoms with Gasteiger partial charge >= 0.3 is 5.69 Å². The van der Waals surface area contributed by atoms with Crippen LogP contribution in [0.15, 0.2) is 21.9 Å². The number of aliphatic hydroxyl groups excluding tert-OH is 2. The van der Waals surface area contributed by atoms with Gasteiger partial charge in [-0.05, 0) is 0 Å². The van der Waals surface area contributed by atoms with Crippen LogP contribution >= 0.6 is 11.8 Å². The number of aromatic amines is 1. The van der Waals surface area contributed by atoms with Crippen molar-refractivity contribution in [2.24, 2.45) is 0 Å². The van der Waals surface area contributed by atoms with Gasteiger partial charge in [-0.3, -0.25) is 14.3 Å². The molecule has 3 N–H and O–H groups in total. The number of hydrogen-bond donors (Lipinski definition) is 3. The summed E-state index contributed by atoms with van der Waals surface area (Å²) < 4.78 is 1.36. The van der Waals surface area contributed by atoms with Gasteiger partial charge in [-0.1, -0.05) is 0 Å². The second-order valence-electron chi connectivity index (χ2n) is 3.68. The molecule has 0 radical (unpaired) electrons.